The van der Waals surface area contributed by atoms with Gasteiger partial charge in [0.25, 0.3) is 15.9 Å². The zero-order chi connectivity index (χ0) is 21.7. The minimum absolute atomic E-state index is 0.0166. The van der Waals surface area contributed by atoms with Crippen molar-refractivity contribution in [2.45, 2.75) is 25.2 Å². The number of benzene rings is 3. The molecule has 6 nitrogen and oxygen atoms in total. The number of anilines is 2. The predicted octanol–water partition coefficient (Wildman–Crippen LogP) is 4.62. The van der Waals surface area contributed by atoms with Gasteiger partial charge >= 0.3 is 0 Å². The minimum atomic E-state index is -3.85. The van der Waals surface area contributed by atoms with Crippen molar-refractivity contribution in [1.29, 1.82) is 0 Å². The molecular weight excluding hydrogens is 400 g/mol. The first kappa shape index (κ1) is 21.4. The molecule has 3 aromatic rings. The molecule has 2 N–H and O–H groups in total. The first-order valence-electron chi connectivity index (χ1n) is 9.51. The van der Waals surface area contributed by atoms with Gasteiger partial charge in [0.05, 0.1) is 17.7 Å². The number of aryl methyl sites for hydroxylation is 2. The second kappa shape index (κ2) is 9.00. The van der Waals surface area contributed by atoms with Gasteiger partial charge in [-0.2, -0.15) is 0 Å². The number of hydrogen-bond donors (Lipinski definition) is 2. The number of nitrogens with one attached hydrogen (secondary N) is 2. The molecule has 156 valence electrons. The van der Waals surface area contributed by atoms with E-state index in [9.17, 15) is 13.2 Å². The molecule has 0 aliphatic rings. The molecule has 0 heterocycles. The smallest absolute Gasteiger partial charge is 0.261 e. The molecule has 0 aliphatic carbocycles. The highest BCUT2D eigenvalue weighted by molar-refractivity contribution is 7.92. The third-order valence-electron chi connectivity index (χ3n) is 4.73. The number of amides is 1. The van der Waals surface area contributed by atoms with E-state index in [2.05, 4.69) is 10.0 Å². The molecule has 0 fully saturated rings. The molecule has 0 saturated carbocycles. The molecule has 0 unspecified atom stereocenters. The summed E-state index contributed by atoms with van der Waals surface area (Å²) in [6.45, 7) is 3.87. The van der Waals surface area contributed by atoms with E-state index >= 15 is 0 Å². The summed E-state index contributed by atoms with van der Waals surface area (Å²) in [4.78, 5) is 12.7. The molecule has 0 radical (unpaired) electrons. The summed E-state index contributed by atoms with van der Waals surface area (Å²) in [5, 5.41) is 2.75. The second-order valence-corrected chi connectivity index (χ2v) is 8.47. The van der Waals surface area contributed by atoms with Gasteiger partial charge in [-0.3, -0.25) is 9.52 Å². The monoisotopic (exact) mass is 424 g/mol. The fraction of sp³-hybridized carbons (Fsp3) is 0.174. The fourth-order valence-electron chi connectivity index (χ4n) is 2.99. The lowest BCUT2D eigenvalue weighted by Gasteiger charge is -2.14. The lowest BCUT2D eigenvalue weighted by Crippen LogP contribution is -2.16. The van der Waals surface area contributed by atoms with Crippen LogP contribution in [0.1, 0.15) is 28.4 Å². The topological polar surface area (TPSA) is 84.5 Å². The Morgan fingerprint density at radius 2 is 1.70 bits per heavy atom. The van der Waals surface area contributed by atoms with Crippen molar-refractivity contribution in [3.05, 3.63) is 83.4 Å². The molecule has 0 spiro atoms. The average molecular weight is 425 g/mol. The fourth-order valence-corrected chi connectivity index (χ4v) is 4.08. The number of hydrogen-bond acceptors (Lipinski definition) is 4. The Kier molecular flexibility index (Phi) is 6.42. The second-order valence-electron chi connectivity index (χ2n) is 6.79. The van der Waals surface area contributed by atoms with Gasteiger partial charge in [0.1, 0.15) is 5.75 Å². The Hall–Kier alpha value is -3.32. The van der Waals surface area contributed by atoms with Crippen molar-refractivity contribution in [1.82, 2.24) is 0 Å². The van der Waals surface area contributed by atoms with E-state index in [4.69, 9.17) is 4.74 Å². The molecule has 7 heteroatoms. The highest BCUT2D eigenvalue weighted by Gasteiger charge is 2.19. The van der Waals surface area contributed by atoms with E-state index in [-0.39, 0.29) is 16.5 Å². The van der Waals surface area contributed by atoms with Crippen LogP contribution in [0.2, 0.25) is 0 Å². The van der Waals surface area contributed by atoms with Crippen molar-refractivity contribution in [2.75, 3.05) is 17.1 Å². The number of rotatable bonds is 7. The first-order chi connectivity index (χ1) is 14.3. The van der Waals surface area contributed by atoms with Crippen LogP contribution in [0.5, 0.6) is 5.75 Å². The molecule has 0 aliphatic heterocycles. The van der Waals surface area contributed by atoms with Crippen molar-refractivity contribution in [3.8, 4) is 5.75 Å². The van der Waals surface area contributed by atoms with Crippen LogP contribution in [0.25, 0.3) is 0 Å². The van der Waals surface area contributed by atoms with Gasteiger partial charge < -0.3 is 10.1 Å². The molecule has 0 bridgehead atoms. The third-order valence-corrected chi connectivity index (χ3v) is 6.11. The zero-order valence-corrected chi connectivity index (χ0v) is 17.9. The molecule has 30 heavy (non-hydrogen) atoms. The van der Waals surface area contributed by atoms with Crippen LogP contribution in [0.4, 0.5) is 11.4 Å². The number of sulfonamides is 1. The number of carbonyl (C=O) groups excluding carboxylic acids is 1. The number of methoxy groups -OCH3 is 1. The maximum Gasteiger partial charge on any atom is 0.261 e. The van der Waals surface area contributed by atoms with Crippen LogP contribution in [-0.2, 0) is 16.4 Å². The first-order valence-corrected chi connectivity index (χ1v) is 11.0. The Morgan fingerprint density at radius 3 is 2.33 bits per heavy atom. The summed E-state index contributed by atoms with van der Waals surface area (Å²) in [5.74, 6) is 0.0206. The Labute approximate surface area is 177 Å². The lowest BCUT2D eigenvalue weighted by atomic mass is 10.1. The number of ether oxygens (including phenoxy) is 1. The molecule has 3 aromatic carbocycles. The third kappa shape index (κ3) is 4.80. The molecule has 0 aromatic heterocycles. The van der Waals surface area contributed by atoms with E-state index in [0.29, 0.717) is 17.0 Å². The van der Waals surface area contributed by atoms with Crippen LogP contribution >= 0.6 is 0 Å². The van der Waals surface area contributed by atoms with Gasteiger partial charge in [0, 0.05) is 11.3 Å². The molecular formula is C23H24N2O4S. The predicted molar refractivity (Wildman–Crippen MR) is 119 cm³/mol. The Morgan fingerprint density at radius 1 is 1.00 bits per heavy atom. The van der Waals surface area contributed by atoms with Crippen LogP contribution < -0.4 is 14.8 Å². The SMILES string of the molecule is CCc1ccc(NS(=O)(=O)c2ccc(OC)c(NC(=O)c3ccccc3C)c2)cc1. The van der Waals surface area contributed by atoms with E-state index in [0.717, 1.165) is 17.5 Å². The van der Waals surface area contributed by atoms with Gasteiger partial charge in [-0.15, -0.1) is 0 Å². The van der Waals surface area contributed by atoms with Crippen LogP contribution in [0.3, 0.4) is 0 Å². The standard InChI is InChI=1S/C23H24N2O4S/c1-4-17-9-11-18(12-10-17)25-30(27,28)19-13-14-22(29-3)21(15-19)24-23(26)20-8-6-5-7-16(20)2/h5-15,25H,4H2,1-3H3,(H,24,26). The summed E-state index contributed by atoms with van der Waals surface area (Å²) in [6, 6.07) is 18.7. The summed E-state index contributed by atoms with van der Waals surface area (Å²) in [6.07, 6.45) is 0.870. The van der Waals surface area contributed by atoms with Crippen LogP contribution in [-0.4, -0.2) is 21.4 Å². The van der Waals surface area contributed by atoms with E-state index < -0.39 is 10.0 Å². The van der Waals surface area contributed by atoms with Crippen molar-refractivity contribution in [3.63, 3.8) is 0 Å². The summed E-state index contributed by atoms with van der Waals surface area (Å²) in [7, 11) is -2.39. The maximum atomic E-state index is 12.9. The Balaban J connectivity index is 1.89. The van der Waals surface area contributed by atoms with E-state index in [1.165, 1.54) is 25.3 Å². The van der Waals surface area contributed by atoms with Crippen molar-refractivity contribution < 1.29 is 17.9 Å². The normalized spacial score (nSPS) is 11.0. The zero-order valence-electron chi connectivity index (χ0n) is 17.1. The maximum absolute atomic E-state index is 12.9. The van der Waals surface area contributed by atoms with Gasteiger partial charge in [0.2, 0.25) is 0 Å². The highest BCUT2D eigenvalue weighted by atomic mass is 32.2. The van der Waals surface area contributed by atoms with E-state index in [1.54, 1.807) is 24.3 Å². The average Bonchev–Trinajstić information content (AvgIpc) is 2.74. The molecule has 1 amide bonds. The van der Waals surface area contributed by atoms with Gasteiger partial charge in [-0.25, -0.2) is 8.42 Å². The quantitative estimate of drug-likeness (QED) is 0.580. The van der Waals surface area contributed by atoms with Crippen LogP contribution in [0, 0.1) is 6.92 Å². The van der Waals surface area contributed by atoms with Gasteiger partial charge in [-0.05, 0) is 60.9 Å². The highest BCUT2D eigenvalue weighted by Crippen LogP contribution is 2.29. The summed E-state index contributed by atoms with van der Waals surface area (Å²) < 4.78 is 33.6. The largest absolute Gasteiger partial charge is 0.495 e. The molecule has 0 saturated heterocycles. The van der Waals surface area contributed by atoms with Crippen LogP contribution in [0.15, 0.2) is 71.6 Å². The summed E-state index contributed by atoms with van der Waals surface area (Å²) in [5.41, 5.74) is 3.17. The number of carbonyl (C=O) groups is 1. The van der Waals surface area contributed by atoms with Crippen molar-refractivity contribution in [2.24, 2.45) is 0 Å². The van der Waals surface area contributed by atoms with E-state index in [1.807, 2.05) is 38.1 Å². The molecule has 3 rings (SSSR count). The van der Waals surface area contributed by atoms with Gasteiger partial charge in [-0.1, -0.05) is 37.3 Å². The minimum Gasteiger partial charge on any atom is -0.495 e. The lowest BCUT2D eigenvalue weighted by molar-refractivity contribution is 0.102. The van der Waals surface area contributed by atoms with Gasteiger partial charge in [0.15, 0.2) is 0 Å². The molecule has 0 atom stereocenters. The van der Waals surface area contributed by atoms with Crippen molar-refractivity contribution >= 4 is 27.3 Å². The Bertz CT molecular complexity index is 1160. The summed E-state index contributed by atoms with van der Waals surface area (Å²) >= 11 is 0.